The van der Waals surface area contributed by atoms with Crippen molar-refractivity contribution >= 4 is 5.91 Å². The lowest BCUT2D eigenvalue weighted by atomic mass is 9.85. The first-order valence-corrected chi connectivity index (χ1v) is 9.79. The molecule has 3 heteroatoms. The standard InChI is InChI=1S/C25H26N2O/c1-25(2)26-23(24(28)27(25)18-19-12-6-3-7-13-19)22(20-14-8-4-9-15-20)21-16-10-5-11-17-21/h3-17,22-23,26H,18H2,1-2H3/t23-/m0/s1. The summed E-state index contributed by atoms with van der Waals surface area (Å²) in [5.41, 5.74) is 3.02. The summed E-state index contributed by atoms with van der Waals surface area (Å²) in [6, 6.07) is 30.5. The van der Waals surface area contributed by atoms with E-state index in [2.05, 4.69) is 55.6 Å². The Morgan fingerprint density at radius 2 is 1.29 bits per heavy atom. The lowest BCUT2D eigenvalue weighted by Crippen LogP contribution is -2.47. The van der Waals surface area contributed by atoms with Gasteiger partial charge in [-0.05, 0) is 30.5 Å². The Morgan fingerprint density at radius 1 is 0.821 bits per heavy atom. The number of hydrogen-bond acceptors (Lipinski definition) is 2. The predicted octanol–water partition coefficient (Wildman–Crippen LogP) is 4.56. The smallest absolute Gasteiger partial charge is 0.242 e. The third-order valence-corrected chi connectivity index (χ3v) is 5.55. The SMILES string of the molecule is CC1(C)N[C@@H](C(c2ccccc2)c2ccccc2)C(=O)N1Cc1ccccc1. The first kappa shape index (κ1) is 18.5. The van der Waals surface area contributed by atoms with Gasteiger partial charge in [0.25, 0.3) is 0 Å². The zero-order chi connectivity index (χ0) is 19.6. The number of benzene rings is 3. The topological polar surface area (TPSA) is 32.3 Å². The van der Waals surface area contributed by atoms with E-state index in [1.54, 1.807) is 0 Å². The second-order valence-electron chi connectivity index (χ2n) is 7.89. The average Bonchev–Trinajstić information content (AvgIpc) is 2.94. The number of amides is 1. The van der Waals surface area contributed by atoms with Gasteiger partial charge in [-0.15, -0.1) is 0 Å². The van der Waals surface area contributed by atoms with Gasteiger partial charge >= 0.3 is 0 Å². The van der Waals surface area contributed by atoms with Crippen LogP contribution < -0.4 is 5.32 Å². The molecule has 1 aliphatic heterocycles. The molecule has 1 N–H and O–H groups in total. The van der Waals surface area contributed by atoms with Crippen molar-refractivity contribution in [3.8, 4) is 0 Å². The minimum Gasteiger partial charge on any atom is -0.319 e. The maximum Gasteiger partial charge on any atom is 0.242 e. The van der Waals surface area contributed by atoms with Crippen LogP contribution in [0, 0.1) is 0 Å². The summed E-state index contributed by atoms with van der Waals surface area (Å²) in [6.07, 6.45) is 0. The first-order chi connectivity index (χ1) is 13.6. The minimum absolute atomic E-state index is 0.0325. The van der Waals surface area contributed by atoms with Crippen molar-refractivity contribution in [1.29, 1.82) is 0 Å². The maximum atomic E-state index is 13.6. The Hall–Kier alpha value is -2.91. The molecule has 3 nitrogen and oxygen atoms in total. The van der Waals surface area contributed by atoms with E-state index in [4.69, 9.17) is 0 Å². The lowest BCUT2D eigenvalue weighted by molar-refractivity contribution is -0.132. The van der Waals surface area contributed by atoms with Crippen molar-refractivity contribution < 1.29 is 4.79 Å². The summed E-state index contributed by atoms with van der Waals surface area (Å²) < 4.78 is 0. The van der Waals surface area contributed by atoms with Crippen LogP contribution in [0.1, 0.15) is 36.5 Å². The van der Waals surface area contributed by atoms with Crippen molar-refractivity contribution in [1.82, 2.24) is 10.2 Å². The van der Waals surface area contributed by atoms with Gasteiger partial charge in [-0.25, -0.2) is 0 Å². The molecule has 1 saturated heterocycles. The molecular weight excluding hydrogens is 344 g/mol. The van der Waals surface area contributed by atoms with Crippen molar-refractivity contribution in [2.75, 3.05) is 0 Å². The van der Waals surface area contributed by atoms with Gasteiger partial charge in [-0.1, -0.05) is 91.0 Å². The highest BCUT2D eigenvalue weighted by Gasteiger charge is 2.47. The summed E-state index contributed by atoms with van der Waals surface area (Å²) in [7, 11) is 0. The Bertz CT molecular complexity index is 883. The van der Waals surface area contributed by atoms with Gasteiger partial charge in [0.15, 0.2) is 0 Å². The average molecular weight is 370 g/mol. The van der Waals surface area contributed by atoms with Gasteiger partial charge in [-0.2, -0.15) is 0 Å². The molecule has 0 aliphatic carbocycles. The van der Waals surface area contributed by atoms with Crippen LogP contribution >= 0.6 is 0 Å². The Kier molecular flexibility index (Phi) is 5.01. The molecule has 0 radical (unpaired) electrons. The van der Waals surface area contributed by atoms with Gasteiger partial charge in [0.2, 0.25) is 5.91 Å². The lowest BCUT2D eigenvalue weighted by Gasteiger charge is -2.31. The molecule has 0 unspecified atom stereocenters. The van der Waals surface area contributed by atoms with Gasteiger partial charge in [0.1, 0.15) is 0 Å². The highest BCUT2D eigenvalue weighted by atomic mass is 16.2. The summed E-state index contributed by atoms with van der Waals surface area (Å²) in [4.78, 5) is 15.5. The van der Waals surface area contributed by atoms with E-state index < -0.39 is 5.66 Å². The Labute approximate surface area is 167 Å². The highest BCUT2D eigenvalue weighted by Crippen LogP contribution is 2.35. The second-order valence-corrected chi connectivity index (χ2v) is 7.89. The van der Waals surface area contributed by atoms with Crippen molar-refractivity contribution in [2.45, 2.75) is 38.0 Å². The number of hydrogen-bond donors (Lipinski definition) is 1. The molecule has 3 aromatic carbocycles. The summed E-state index contributed by atoms with van der Waals surface area (Å²) in [5.74, 6) is 0.113. The number of carbonyl (C=O) groups is 1. The molecule has 1 atom stereocenters. The van der Waals surface area contributed by atoms with Crippen LogP contribution in [0.15, 0.2) is 91.0 Å². The van der Waals surface area contributed by atoms with E-state index in [1.807, 2.05) is 59.5 Å². The van der Waals surface area contributed by atoms with Gasteiger partial charge in [0.05, 0.1) is 11.7 Å². The molecule has 0 aromatic heterocycles. The van der Waals surface area contributed by atoms with Crippen molar-refractivity contribution in [3.63, 3.8) is 0 Å². The minimum atomic E-state index is -0.417. The molecule has 0 bridgehead atoms. The normalized spacial score (nSPS) is 18.6. The largest absolute Gasteiger partial charge is 0.319 e. The van der Waals surface area contributed by atoms with Crippen LogP contribution in [0.25, 0.3) is 0 Å². The highest BCUT2D eigenvalue weighted by molar-refractivity contribution is 5.87. The molecule has 28 heavy (non-hydrogen) atoms. The van der Waals surface area contributed by atoms with Crippen LogP contribution in [-0.2, 0) is 11.3 Å². The van der Waals surface area contributed by atoms with E-state index in [-0.39, 0.29) is 17.9 Å². The van der Waals surface area contributed by atoms with Crippen molar-refractivity contribution in [3.05, 3.63) is 108 Å². The van der Waals surface area contributed by atoms with Crippen LogP contribution in [0.2, 0.25) is 0 Å². The molecule has 142 valence electrons. The van der Waals surface area contributed by atoms with E-state index in [9.17, 15) is 4.79 Å². The van der Waals surface area contributed by atoms with E-state index in [1.165, 1.54) is 0 Å². The zero-order valence-corrected chi connectivity index (χ0v) is 16.4. The second kappa shape index (κ2) is 7.61. The van der Waals surface area contributed by atoms with Gasteiger partial charge < -0.3 is 4.90 Å². The predicted molar refractivity (Wildman–Crippen MR) is 113 cm³/mol. The fourth-order valence-corrected chi connectivity index (χ4v) is 4.13. The van der Waals surface area contributed by atoms with Crippen LogP contribution in [0.3, 0.4) is 0 Å². The number of rotatable bonds is 5. The van der Waals surface area contributed by atoms with E-state index >= 15 is 0 Å². The van der Waals surface area contributed by atoms with Crippen LogP contribution in [0.5, 0.6) is 0 Å². The van der Waals surface area contributed by atoms with Gasteiger partial charge in [0, 0.05) is 12.5 Å². The van der Waals surface area contributed by atoms with Crippen LogP contribution in [-0.4, -0.2) is 22.5 Å². The van der Waals surface area contributed by atoms with Gasteiger partial charge in [-0.3, -0.25) is 10.1 Å². The fraction of sp³-hybridized carbons (Fsp3) is 0.240. The van der Waals surface area contributed by atoms with E-state index in [0.717, 1.165) is 16.7 Å². The van der Waals surface area contributed by atoms with Crippen LogP contribution in [0.4, 0.5) is 0 Å². The Morgan fingerprint density at radius 3 is 1.79 bits per heavy atom. The van der Waals surface area contributed by atoms with Crippen molar-refractivity contribution in [2.24, 2.45) is 0 Å². The molecule has 0 saturated carbocycles. The Balaban J connectivity index is 1.70. The summed E-state index contributed by atoms with van der Waals surface area (Å²) in [6.45, 7) is 4.77. The molecule has 0 spiro atoms. The third-order valence-electron chi connectivity index (χ3n) is 5.55. The molecule has 1 heterocycles. The number of carbonyl (C=O) groups excluding carboxylic acids is 1. The van der Waals surface area contributed by atoms with E-state index in [0.29, 0.717) is 6.54 Å². The molecule has 1 fully saturated rings. The summed E-state index contributed by atoms with van der Waals surface area (Å²) >= 11 is 0. The maximum absolute atomic E-state index is 13.6. The zero-order valence-electron chi connectivity index (χ0n) is 16.4. The molecule has 1 aliphatic rings. The quantitative estimate of drug-likeness (QED) is 0.714. The molecule has 3 aromatic rings. The first-order valence-electron chi connectivity index (χ1n) is 9.79. The fourth-order valence-electron chi connectivity index (χ4n) is 4.13. The third kappa shape index (κ3) is 3.58. The molecular formula is C25H26N2O. The number of nitrogens with zero attached hydrogens (tertiary/aromatic N) is 1. The molecule has 1 amide bonds. The molecule has 4 rings (SSSR count). The monoisotopic (exact) mass is 370 g/mol. The summed E-state index contributed by atoms with van der Waals surface area (Å²) in [5, 5.41) is 3.62. The number of nitrogens with one attached hydrogen (secondary N) is 1.